The van der Waals surface area contributed by atoms with E-state index in [4.69, 9.17) is 0 Å². The van der Waals surface area contributed by atoms with Crippen LogP contribution in [0, 0.1) is 0 Å². The lowest BCUT2D eigenvalue weighted by Crippen LogP contribution is -2.03. The second kappa shape index (κ2) is 3.10. The number of rotatable bonds is 1. The van der Waals surface area contributed by atoms with Gasteiger partial charge in [0.2, 0.25) is 0 Å². The minimum atomic E-state index is -0.441. The van der Waals surface area contributed by atoms with E-state index in [0.717, 1.165) is 0 Å². The molecule has 0 saturated heterocycles. The molecule has 0 aliphatic heterocycles. The molecule has 0 N–H and O–H groups in total. The highest BCUT2D eigenvalue weighted by molar-refractivity contribution is 6.00. The summed E-state index contributed by atoms with van der Waals surface area (Å²) in [6, 6.07) is 3.55. The molecule has 2 rings (SSSR count). The topological polar surface area (TPSA) is 57.0 Å². The fraction of sp³-hybridized carbons (Fsp3) is 0.222. The van der Waals surface area contributed by atoms with Gasteiger partial charge in [-0.1, -0.05) is 0 Å². The second-order valence-electron chi connectivity index (χ2n) is 2.84. The van der Waals surface area contributed by atoms with Gasteiger partial charge in [0.25, 0.3) is 0 Å². The largest absolute Gasteiger partial charge is 0.464 e. The molecule has 72 valence electrons. The van der Waals surface area contributed by atoms with Crippen molar-refractivity contribution in [1.29, 1.82) is 0 Å². The molecule has 2 aromatic heterocycles. The van der Waals surface area contributed by atoms with E-state index in [1.165, 1.54) is 7.11 Å². The van der Waals surface area contributed by atoms with Crippen LogP contribution in [0.25, 0.3) is 11.0 Å². The predicted octanol–water partition coefficient (Wildman–Crippen LogP) is 0.755. The Balaban J connectivity index is 2.72. The maximum absolute atomic E-state index is 11.3. The van der Waals surface area contributed by atoms with Gasteiger partial charge in [0, 0.05) is 13.2 Å². The van der Waals surface area contributed by atoms with Crippen molar-refractivity contribution >= 4 is 17.0 Å². The molecule has 2 aromatic rings. The lowest BCUT2D eigenvalue weighted by atomic mass is 10.3. The maximum atomic E-state index is 11.3. The van der Waals surface area contributed by atoms with Crippen LogP contribution in [-0.2, 0) is 11.8 Å². The molecule has 5 heteroatoms. The highest BCUT2D eigenvalue weighted by atomic mass is 16.5. The molecule has 0 aromatic carbocycles. The first-order valence-corrected chi connectivity index (χ1v) is 4.10. The van der Waals surface area contributed by atoms with E-state index in [2.05, 4.69) is 14.8 Å². The van der Waals surface area contributed by atoms with Crippen molar-refractivity contribution in [3.05, 3.63) is 24.0 Å². The summed E-state index contributed by atoms with van der Waals surface area (Å²) in [7, 11) is 3.07. The Labute approximate surface area is 80.3 Å². The molecule has 0 atom stereocenters. The Hall–Kier alpha value is -1.91. The number of esters is 1. The van der Waals surface area contributed by atoms with Gasteiger partial charge < -0.3 is 4.74 Å². The number of carbonyl (C=O) groups is 1. The molecule has 0 saturated carbocycles. The first-order valence-electron chi connectivity index (χ1n) is 4.10. The minimum absolute atomic E-state index is 0.304. The monoisotopic (exact) mass is 191 g/mol. The van der Waals surface area contributed by atoms with Crippen molar-refractivity contribution in [1.82, 2.24) is 14.8 Å². The summed E-state index contributed by atoms with van der Waals surface area (Å²) in [5.74, 6) is -0.441. The van der Waals surface area contributed by atoms with Crippen LogP contribution in [0.2, 0.25) is 0 Å². The summed E-state index contributed by atoms with van der Waals surface area (Å²) in [5, 5.41) is 4.75. The van der Waals surface area contributed by atoms with Crippen LogP contribution < -0.4 is 0 Å². The first kappa shape index (κ1) is 8.68. The number of pyridine rings is 1. The number of methoxy groups -OCH3 is 1. The van der Waals surface area contributed by atoms with Crippen LogP contribution in [0.3, 0.4) is 0 Å². The molecule has 0 bridgehead atoms. The Kier molecular flexibility index (Phi) is 1.92. The minimum Gasteiger partial charge on any atom is -0.464 e. The van der Waals surface area contributed by atoms with Crippen molar-refractivity contribution in [3.8, 4) is 0 Å². The van der Waals surface area contributed by atoms with Gasteiger partial charge in [-0.3, -0.25) is 0 Å². The molecule has 0 radical (unpaired) electrons. The normalized spacial score (nSPS) is 10.4. The smallest absolute Gasteiger partial charge is 0.359 e. The molecule has 0 aliphatic rings. The predicted molar refractivity (Wildman–Crippen MR) is 49.8 cm³/mol. The standard InChI is InChI=1S/C9H9N3O2/c1-12-8-6(4-3-5-10-8)7(11-12)9(13)14-2/h3-5H,1-2H3. The van der Waals surface area contributed by atoms with Gasteiger partial charge in [-0.05, 0) is 12.1 Å². The van der Waals surface area contributed by atoms with Crippen LogP contribution in [-0.4, -0.2) is 27.8 Å². The number of carbonyl (C=O) groups excluding carboxylic acids is 1. The summed E-state index contributed by atoms with van der Waals surface area (Å²) >= 11 is 0. The van der Waals surface area contributed by atoms with E-state index in [1.54, 1.807) is 30.1 Å². The van der Waals surface area contributed by atoms with Crippen LogP contribution in [0.15, 0.2) is 18.3 Å². The van der Waals surface area contributed by atoms with Gasteiger partial charge in [0.1, 0.15) is 0 Å². The van der Waals surface area contributed by atoms with E-state index < -0.39 is 5.97 Å². The van der Waals surface area contributed by atoms with Crippen LogP contribution >= 0.6 is 0 Å². The lowest BCUT2D eigenvalue weighted by molar-refractivity contribution is 0.0595. The van der Waals surface area contributed by atoms with Gasteiger partial charge in [-0.2, -0.15) is 5.10 Å². The molecule has 0 spiro atoms. The van der Waals surface area contributed by atoms with Crippen molar-refractivity contribution in [3.63, 3.8) is 0 Å². The molecule has 0 fully saturated rings. The highest BCUT2D eigenvalue weighted by Gasteiger charge is 2.16. The highest BCUT2D eigenvalue weighted by Crippen LogP contribution is 2.15. The van der Waals surface area contributed by atoms with Crippen molar-refractivity contribution in [2.24, 2.45) is 7.05 Å². The number of hydrogen-bond acceptors (Lipinski definition) is 4. The fourth-order valence-corrected chi connectivity index (χ4v) is 1.34. The summed E-state index contributed by atoms with van der Waals surface area (Å²) in [6.45, 7) is 0. The molecule has 0 unspecified atom stereocenters. The number of ether oxygens (including phenoxy) is 1. The number of nitrogens with zero attached hydrogens (tertiary/aromatic N) is 3. The molecular formula is C9H9N3O2. The van der Waals surface area contributed by atoms with E-state index in [9.17, 15) is 4.79 Å². The van der Waals surface area contributed by atoms with E-state index in [-0.39, 0.29) is 0 Å². The van der Waals surface area contributed by atoms with E-state index >= 15 is 0 Å². The third-order valence-corrected chi connectivity index (χ3v) is 1.98. The number of fused-ring (bicyclic) bond motifs is 1. The Morgan fingerprint density at radius 1 is 1.57 bits per heavy atom. The first-order chi connectivity index (χ1) is 6.74. The zero-order valence-corrected chi connectivity index (χ0v) is 7.89. The molecule has 14 heavy (non-hydrogen) atoms. The van der Waals surface area contributed by atoms with Gasteiger partial charge in [0.05, 0.1) is 12.5 Å². The molecule has 5 nitrogen and oxygen atoms in total. The number of hydrogen-bond donors (Lipinski definition) is 0. The number of aryl methyl sites for hydroxylation is 1. The van der Waals surface area contributed by atoms with Gasteiger partial charge in [-0.25, -0.2) is 14.5 Å². The van der Waals surface area contributed by atoms with Gasteiger partial charge >= 0.3 is 5.97 Å². The fourth-order valence-electron chi connectivity index (χ4n) is 1.34. The quantitative estimate of drug-likeness (QED) is 0.624. The van der Waals surface area contributed by atoms with E-state index in [0.29, 0.717) is 16.7 Å². The second-order valence-corrected chi connectivity index (χ2v) is 2.84. The SMILES string of the molecule is COC(=O)c1nn(C)c2ncccc12. The summed E-state index contributed by atoms with van der Waals surface area (Å²) in [6.07, 6.45) is 1.66. The Morgan fingerprint density at radius 3 is 3.07 bits per heavy atom. The van der Waals surface area contributed by atoms with Gasteiger partial charge in [-0.15, -0.1) is 0 Å². The van der Waals surface area contributed by atoms with Crippen LogP contribution in [0.4, 0.5) is 0 Å². The summed E-state index contributed by atoms with van der Waals surface area (Å²) in [5.41, 5.74) is 0.978. The molecule has 0 aliphatic carbocycles. The van der Waals surface area contributed by atoms with E-state index in [1.807, 2.05) is 0 Å². The summed E-state index contributed by atoms with van der Waals surface area (Å²) in [4.78, 5) is 15.4. The third kappa shape index (κ3) is 1.14. The zero-order chi connectivity index (χ0) is 10.1. The number of aromatic nitrogens is 3. The Morgan fingerprint density at radius 2 is 2.36 bits per heavy atom. The van der Waals surface area contributed by atoms with Crippen LogP contribution in [0.1, 0.15) is 10.5 Å². The third-order valence-electron chi connectivity index (χ3n) is 1.98. The lowest BCUT2D eigenvalue weighted by Gasteiger charge is -1.92. The average molecular weight is 191 g/mol. The molecular weight excluding hydrogens is 182 g/mol. The van der Waals surface area contributed by atoms with Crippen molar-refractivity contribution in [2.45, 2.75) is 0 Å². The zero-order valence-electron chi connectivity index (χ0n) is 7.89. The molecule has 2 heterocycles. The van der Waals surface area contributed by atoms with Crippen molar-refractivity contribution < 1.29 is 9.53 Å². The Bertz CT molecular complexity index is 490. The maximum Gasteiger partial charge on any atom is 0.359 e. The molecule has 0 amide bonds. The van der Waals surface area contributed by atoms with Gasteiger partial charge in [0.15, 0.2) is 11.3 Å². The average Bonchev–Trinajstić information content (AvgIpc) is 2.56. The van der Waals surface area contributed by atoms with Crippen LogP contribution in [0.5, 0.6) is 0 Å². The van der Waals surface area contributed by atoms with Crippen molar-refractivity contribution in [2.75, 3.05) is 7.11 Å². The summed E-state index contributed by atoms with van der Waals surface area (Å²) < 4.78 is 6.17.